The lowest BCUT2D eigenvalue weighted by Crippen LogP contribution is -2.43. The van der Waals surface area contributed by atoms with Crippen molar-refractivity contribution in [3.8, 4) is 0 Å². The molecule has 0 saturated carbocycles. The van der Waals surface area contributed by atoms with E-state index in [1.165, 1.54) is 29.1 Å². The van der Waals surface area contributed by atoms with Crippen LogP contribution in [-0.4, -0.2) is 62.6 Å². The number of guanidine groups is 1. The summed E-state index contributed by atoms with van der Waals surface area (Å²) in [5.41, 5.74) is 2.66. The Morgan fingerprint density at radius 2 is 1.79 bits per heavy atom. The average molecular weight is 400 g/mol. The molecule has 3 rings (SSSR count). The molecule has 1 aliphatic rings. The van der Waals surface area contributed by atoms with E-state index in [9.17, 15) is 0 Å². The Kier molecular flexibility index (Phi) is 7.89. The minimum Gasteiger partial charge on any atom is -0.356 e. The van der Waals surface area contributed by atoms with Crippen molar-refractivity contribution in [2.45, 2.75) is 25.9 Å². The van der Waals surface area contributed by atoms with Crippen LogP contribution in [0.15, 0.2) is 46.8 Å². The smallest absolute Gasteiger partial charge is 0.191 e. The first-order valence-electron chi connectivity index (χ1n) is 10.1. The molecule has 1 atom stereocenters. The van der Waals surface area contributed by atoms with Gasteiger partial charge in [0.15, 0.2) is 5.96 Å². The zero-order valence-electron chi connectivity index (χ0n) is 17.3. The highest BCUT2D eigenvalue weighted by atomic mass is 32.1. The highest BCUT2D eigenvalue weighted by Crippen LogP contribution is 2.19. The fourth-order valence-corrected chi connectivity index (χ4v) is 4.14. The van der Waals surface area contributed by atoms with E-state index < -0.39 is 0 Å². The van der Waals surface area contributed by atoms with E-state index in [0.29, 0.717) is 5.92 Å². The Balaban J connectivity index is 1.41. The molecule has 2 N–H and O–H groups in total. The van der Waals surface area contributed by atoms with Crippen LogP contribution in [-0.2, 0) is 13.1 Å². The maximum absolute atomic E-state index is 4.34. The molecule has 0 amide bonds. The molecule has 0 bridgehead atoms. The van der Waals surface area contributed by atoms with Crippen molar-refractivity contribution < 1.29 is 0 Å². The largest absolute Gasteiger partial charge is 0.356 e. The van der Waals surface area contributed by atoms with E-state index in [1.54, 1.807) is 0 Å². The van der Waals surface area contributed by atoms with Crippen molar-refractivity contribution in [2.75, 3.05) is 46.8 Å². The predicted octanol–water partition coefficient (Wildman–Crippen LogP) is 2.96. The molecular weight excluding hydrogens is 366 g/mol. The third-order valence-electron chi connectivity index (χ3n) is 5.31. The number of rotatable bonds is 7. The second kappa shape index (κ2) is 10.6. The quantitative estimate of drug-likeness (QED) is 0.555. The van der Waals surface area contributed by atoms with Crippen molar-refractivity contribution in [3.63, 3.8) is 0 Å². The van der Waals surface area contributed by atoms with Crippen molar-refractivity contribution in [3.05, 3.63) is 57.8 Å². The van der Waals surface area contributed by atoms with Crippen molar-refractivity contribution in [2.24, 2.45) is 4.99 Å². The summed E-state index contributed by atoms with van der Waals surface area (Å²) in [6.07, 6.45) is 0. The van der Waals surface area contributed by atoms with Gasteiger partial charge < -0.3 is 15.5 Å². The topological polar surface area (TPSA) is 42.9 Å². The van der Waals surface area contributed by atoms with Gasteiger partial charge in [0, 0.05) is 63.7 Å². The summed E-state index contributed by atoms with van der Waals surface area (Å²) in [7, 11) is 4.02. The molecule has 2 aromatic rings. The number of aliphatic imine (C=N–C) groups is 1. The summed E-state index contributed by atoms with van der Waals surface area (Å²) in [5.74, 6) is 1.33. The predicted molar refractivity (Wildman–Crippen MR) is 120 cm³/mol. The highest BCUT2D eigenvalue weighted by molar-refractivity contribution is 7.10. The number of nitrogens with one attached hydrogen (secondary N) is 2. The van der Waals surface area contributed by atoms with Gasteiger partial charge in [-0.15, -0.1) is 11.3 Å². The zero-order chi connectivity index (χ0) is 19.8. The lowest BCUT2D eigenvalue weighted by molar-refractivity contribution is 0.148. The van der Waals surface area contributed by atoms with Gasteiger partial charge in [-0.05, 0) is 29.6 Å². The van der Waals surface area contributed by atoms with E-state index >= 15 is 0 Å². The summed E-state index contributed by atoms with van der Waals surface area (Å²) in [5, 5.41) is 8.98. The molecule has 0 spiro atoms. The van der Waals surface area contributed by atoms with Crippen molar-refractivity contribution in [1.29, 1.82) is 0 Å². The van der Waals surface area contributed by atoms with E-state index in [0.717, 1.165) is 38.7 Å². The second-order valence-electron chi connectivity index (χ2n) is 7.62. The molecule has 6 heteroatoms. The van der Waals surface area contributed by atoms with Gasteiger partial charge in [0.2, 0.25) is 0 Å². The van der Waals surface area contributed by atoms with Crippen molar-refractivity contribution in [1.82, 2.24) is 20.4 Å². The molecule has 28 heavy (non-hydrogen) atoms. The average Bonchev–Trinajstić information content (AvgIpc) is 3.26. The van der Waals surface area contributed by atoms with E-state index in [4.69, 9.17) is 0 Å². The molecule has 1 aliphatic heterocycles. The third kappa shape index (κ3) is 6.33. The molecular formula is C22H33N5S. The normalized spacial score (nSPS) is 17.5. The number of piperazine rings is 1. The van der Waals surface area contributed by atoms with Crippen LogP contribution < -0.4 is 10.6 Å². The Morgan fingerprint density at radius 1 is 1.07 bits per heavy atom. The highest BCUT2D eigenvalue weighted by Gasteiger charge is 2.13. The first-order chi connectivity index (χ1) is 13.6. The SMILES string of the molecule is CN=C(NCc1ccc(CN2CCN(C)CC2)cc1)NCC(C)c1cccs1. The summed E-state index contributed by atoms with van der Waals surface area (Å²) in [4.78, 5) is 10.7. The number of hydrogen-bond acceptors (Lipinski definition) is 4. The summed E-state index contributed by atoms with van der Waals surface area (Å²) >= 11 is 1.81. The Labute approximate surface area is 173 Å². The number of benzene rings is 1. The molecule has 5 nitrogen and oxygen atoms in total. The Hall–Kier alpha value is -1.89. The van der Waals surface area contributed by atoms with E-state index in [-0.39, 0.29) is 0 Å². The van der Waals surface area contributed by atoms with Crippen LogP contribution in [0.1, 0.15) is 28.8 Å². The summed E-state index contributed by atoms with van der Waals surface area (Å²) in [6, 6.07) is 13.3. The van der Waals surface area contributed by atoms with Crippen LogP contribution >= 0.6 is 11.3 Å². The van der Waals surface area contributed by atoms with Crippen LogP contribution in [0.25, 0.3) is 0 Å². The Bertz CT molecular complexity index is 718. The van der Waals surface area contributed by atoms with Crippen LogP contribution in [0, 0.1) is 0 Å². The van der Waals surface area contributed by atoms with Gasteiger partial charge in [0.1, 0.15) is 0 Å². The van der Waals surface area contributed by atoms with Gasteiger partial charge in [-0.3, -0.25) is 9.89 Å². The van der Waals surface area contributed by atoms with Gasteiger partial charge in [-0.2, -0.15) is 0 Å². The lowest BCUT2D eigenvalue weighted by Gasteiger charge is -2.32. The van der Waals surface area contributed by atoms with Crippen LogP contribution in [0.2, 0.25) is 0 Å². The van der Waals surface area contributed by atoms with Gasteiger partial charge in [-0.25, -0.2) is 0 Å². The second-order valence-corrected chi connectivity index (χ2v) is 8.60. The van der Waals surface area contributed by atoms with E-state index in [1.807, 2.05) is 18.4 Å². The molecule has 0 radical (unpaired) electrons. The fourth-order valence-electron chi connectivity index (χ4n) is 3.36. The van der Waals surface area contributed by atoms with Crippen LogP contribution in [0.3, 0.4) is 0 Å². The molecule has 0 aliphatic carbocycles. The molecule has 1 aromatic heterocycles. The van der Waals surface area contributed by atoms with Gasteiger partial charge in [-0.1, -0.05) is 37.3 Å². The van der Waals surface area contributed by atoms with Crippen LogP contribution in [0.4, 0.5) is 0 Å². The lowest BCUT2D eigenvalue weighted by atomic mass is 10.1. The minimum absolute atomic E-state index is 0.479. The third-order valence-corrected chi connectivity index (χ3v) is 6.42. The Morgan fingerprint density at radius 3 is 2.43 bits per heavy atom. The maximum Gasteiger partial charge on any atom is 0.191 e. The molecule has 1 saturated heterocycles. The standard InChI is InChI=1S/C22H33N5S/c1-18(21-5-4-14-28-21)15-24-22(23-2)25-16-19-6-8-20(9-7-19)17-27-12-10-26(3)11-13-27/h4-9,14,18H,10-13,15-17H2,1-3H3,(H2,23,24,25). The molecule has 1 aromatic carbocycles. The van der Waals surface area contributed by atoms with Gasteiger partial charge in [0.05, 0.1) is 0 Å². The summed E-state index contributed by atoms with van der Waals surface area (Å²) in [6.45, 7) is 9.60. The number of likely N-dealkylation sites (N-methyl/N-ethyl adjacent to an activating group) is 1. The van der Waals surface area contributed by atoms with Crippen molar-refractivity contribution >= 4 is 17.3 Å². The fraction of sp³-hybridized carbons (Fsp3) is 0.500. The molecule has 2 heterocycles. The number of thiophene rings is 1. The molecule has 152 valence electrons. The molecule has 1 unspecified atom stereocenters. The number of hydrogen-bond donors (Lipinski definition) is 2. The van der Waals surface area contributed by atoms with Gasteiger partial charge in [0.25, 0.3) is 0 Å². The summed E-state index contributed by atoms with van der Waals surface area (Å²) < 4.78 is 0. The zero-order valence-corrected chi connectivity index (χ0v) is 18.1. The number of nitrogens with zero attached hydrogens (tertiary/aromatic N) is 3. The maximum atomic E-state index is 4.34. The van der Waals surface area contributed by atoms with E-state index in [2.05, 4.69) is 81.2 Å². The first kappa shape index (κ1) is 20.8. The molecule has 1 fully saturated rings. The monoisotopic (exact) mass is 399 g/mol. The van der Waals surface area contributed by atoms with Gasteiger partial charge >= 0.3 is 0 Å². The van der Waals surface area contributed by atoms with Crippen LogP contribution in [0.5, 0.6) is 0 Å². The minimum atomic E-state index is 0.479. The first-order valence-corrected chi connectivity index (χ1v) is 11.0.